The summed E-state index contributed by atoms with van der Waals surface area (Å²) < 4.78 is 0. The van der Waals surface area contributed by atoms with Crippen LogP contribution >= 0.6 is 0 Å². The van der Waals surface area contributed by atoms with Crippen LogP contribution in [0.2, 0.25) is 0 Å². The molecule has 4 aliphatic carbocycles. The Morgan fingerprint density at radius 1 is 1.21 bits per heavy atom. The van der Waals surface area contributed by atoms with Crippen LogP contribution in [0.15, 0.2) is 0 Å². The van der Waals surface area contributed by atoms with Gasteiger partial charge in [-0.1, -0.05) is 0 Å². The van der Waals surface area contributed by atoms with Gasteiger partial charge >= 0.3 is 0 Å². The van der Waals surface area contributed by atoms with Crippen molar-refractivity contribution < 1.29 is 4.79 Å². The molecule has 4 bridgehead atoms. The van der Waals surface area contributed by atoms with Gasteiger partial charge in [-0.15, -0.1) is 0 Å². The molecule has 4 aliphatic rings. The number of carbonyl (C=O) groups excluding carboxylic acids is 1. The predicted octanol–water partition coefficient (Wildman–Crippen LogP) is 2.87. The minimum Gasteiger partial charge on any atom is -0.353 e. The lowest BCUT2D eigenvalue weighted by Gasteiger charge is -2.54. The summed E-state index contributed by atoms with van der Waals surface area (Å²) in [5.41, 5.74) is 0. The van der Waals surface area contributed by atoms with Crippen molar-refractivity contribution in [1.29, 1.82) is 5.26 Å². The number of hydrogen-bond acceptors (Lipinski definition) is 2. The molecule has 0 heterocycles. The molecule has 0 aromatic rings. The van der Waals surface area contributed by atoms with E-state index in [1.807, 2.05) is 6.92 Å². The van der Waals surface area contributed by atoms with Gasteiger partial charge in [0.2, 0.25) is 5.91 Å². The Bertz CT molecular complexity index is 370. The lowest BCUT2D eigenvalue weighted by molar-refractivity contribution is -0.125. The quantitative estimate of drug-likeness (QED) is 0.845. The van der Waals surface area contributed by atoms with Crippen molar-refractivity contribution in [3.63, 3.8) is 0 Å². The maximum atomic E-state index is 12.0. The molecule has 1 amide bonds. The van der Waals surface area contributed by atoms with E-state index >= 15 is 0 Å². The van der Waals surface area contributed by atoms with E-state index in [0.717, 1.165) is 23.7 Å². The second-order valence-electron chi connectivity index (χ2n) is 7.09. The summed E-state index contributed by atoms with van der Waals surface area (Å²) in [4.78, 5) is 12.0. The summed E-state index contributed by atoms with van der Waals surface area (Å²) >= 11 is 0. The Balaban J connectivity index is 1.53. The van der Waals surface area contributed by atoms with E-state index in [1.54, 1.807) is 0 Å². The Morgan fingerprint density at radius 2 is 1.79 bits per heavy atom. The molecular formula is C16H24N2O. The average molecular weight is 260 g/mol. The van der Waals surface area contributed by atoms with Crippen molar-refractivity contribution in [3.05, 3.63) is 0 Å². The van der Waals surface area contributed by atoms with Crippen LogP contribution in [0.1, 0.15) is 51.9 Å². The zero-order chi connectivity index (χ0) is 13.4. The van der Waals surface area contributed by atoms with E-state index in [4.69, 9.17) is 5.26 Å². The summed E-state index contributed by atoms with van der Waals surface area (Å²) in [5.74, 6) is 3.55. The van der Waals surface area contributed by atoms with Crippen LogP contribution in [0.5, 0.6) is 0 Å². The van der Waals surface area contributed by atoms with Crippen molar-refractivity contribution in [1.82, 2.24) is 5.32 Å². The molecule has 0 spiro atoms. The molecule has 1 atom stereocenters. The van der Waals surface area contributed by atoms with Crippen LogP contribution in [-0.2, 0) is 4.79 Å². The molecule has 1 unspecified atom stereocenters. The predicted molar refractivity (Wildman–Crippen MR) is 73.0 cm³/mol. The molecule has 3 heteroatoms. The summed E-state index contributed by atoms with van der Waals surface area (Å²) in [5, 5.41) is 12.0. The number of nitriles is 1. The van der Waals surface area contributed by atoms with Gasteiger partial charge in [0.25, 0.3) is 0 Å². The first-order valence-electron chi connectivity index (χ1n) is 7.84. The number of nitrogens with zero attached hydrogens (tertiary/aromatic N) is 1. The van der Waals surface area contributed by atoms with E-state index in [2.05, 4.69) is 11.4 Å². The number of rotatable bonds is 4. The molecule has 0 aliphatic heterocycles. The molecule has 4 fully saturated rings. The van der Waals surface area contributed by atoms with Crippen LogP contribution < -0.4 is 5.32 Å². The number of hydrogen-bond donors (Lipinski definition) is 1. The van der Waals surface area contributed by atoms with Gasteiger partial charge in [0.15, 0.2) is 0 Å². The minimum atomic E-state index is -0.00995. The maximum Gasteiger partial charge on any atom is 0.220 e. The zero-order valence-corrected chi connectivity index (χ0v) is 11.8. The van der Waals surface area contributed by atoms with Gasteiger partial charge in [0.05, 0.1) is 6.07 Å². The third-order valence-electron chi connectivity index (χ3n) is 5.58. The van der Waals surface area contributed by atoms with Gasteiger partial charge in [-0.25, -0.2) is 0 Å². The van der Waals surface area contributed by atoms with E-state index in [0.29, 0.717) is 18.9 Å². The van der Waals surface area contributed by atoms with Crippen molar-refractivity contribution in [3.8, 4) is 6.07 Å². The van der Waals surface area contributed by atoms with Crippen LogP contribution in [0.25, 0.3) is 0 Å². The normalized spacial score (nSPS) is 40.7. The monoisotopic (exact) mass is 260 g/mol. The molecule has 19 heavy (non-hydrogen) atoms. The van der Waals surface area contributed by atoms with Gasteiger partial charge in [-0.05, 0) is 69.1 Å². The highest BCUT2D eigenvalue weighted by atomic mass is 16.1. The lowest BCUT2D eigenvalue weighted by atomic mass is 9.54. The van der Waals surface area contributed by atoms with Crippen molar-refractivity contribution in [2.75, 3.05) is 0 Å². The average Bonchev–Trinajstić information content (AvgIpc) is 2.39. The second kappa shape index (κ2) is 5.15. The first-order chi connectivity index (χ1) is 9.15. The second-order valence-corrected chi connectivity index (χ2v) is 7.09. The number of amides is 1. The third kappa shape index (κ3) is 2.63. The third-order valence-corrected chi connectivity index (χ3v) is 5.58. The van der Waals surface area contributed by atoms with Crippen molar-refractivity contribution >= 4 is 5.91 Å². The summed E-state index contributed by atoms with van der Waals surface area (Å²) in [7, 11) is 0. The smallest absolute Gasteiger partial charge is 0.220 e. The fourth-order valence-electron chi connectivity index (χ4n) is 4.83. The molecule has 1 N–H and O–H groups in total. The molecule has 0 saturated heterocycles. The zero-order valence-electron chi connectivity index (χ0n) is 11.8. The van der Waals surface area contributed by atoms with Gasteiger partial charge in [-0.2, -0.15) is 5.26 Å². The highest BCUT2D eigenvalue weighted by Crippen LogP contribution is 2.53. The van der Waals surface area contributed by atoms with E-state index in [9.17, 15) is 4.79 Å². The van der Waals surface area contributed by atoms with Crippen molar-refractivity contribution in [2.24, 2.45) is 29.6 Å². The van der Waals surface area contributed by atoms with Crippen LogP contribution in [0.3, 0.4) is 0 Å². The molecule has 4 rings (SSSR count). The summed E-state index contributed by atoms with van der Waals surface area (Å²) in [6.45, 7) is 1.89. The molecular weight excluding hydrogens is 236 g/mol. The van der Waals surface area contributed by atoms with Crippen LogP contribution in [0, 0.1) is 40.9 Å². The van der Waals surface area contributed by atoms with Gasteiger partial charge in [0.1, 0.15) is 0 Å². The lowest BCUT2D eigenvalue weighted by Crippen LogP contribution is -2.55. The van der Waals surface area contributed by atoms with E-state index < -0.39 is 0 Å². The molecule has 3 nitrogen and oxygen atoms in total. The van der Waals surface area contributed by atoms with Gasteiger partial charge in [0, 0.05) is 18.4 Å². The molecule has 0 aromatic carbocycles. The summed E-state index contributed by atoms with van der Waals surface area (Å²) in [6, 6.07) is 2.64. The largest absolute Gasteiger partial charge is 0.353 e. The van der Waals surface area contributed by atoms with Gasteiger partial charge < -0.3 is 5.32 Å². The Morgan fingerprint density at radius 3 is 2.32 bits per heavy atom. The van der Waals surface area contributed by atoms with Crippen LogP contribution in [-0.4, -0.2) is 11.9 Å². The standard InChI is InChI=1S/C16H24N2O/c1-10(9-17)2-3-15(19)18-16-13-5-11-4-12(7-13)8-14(16)6-11/h10-14,16H,2-8H2,1H3,(H,18,19). The van der Waals surface area contributed by atoms with Crippen LogP contribution in [0.4, 0.5) is 0 Å². The molecule has 4 saturated carbocycles. The van der Waals surface area contributed by atoms with Crippen molar-refractivity contribution in [2.45, 2.75) is 57.9 Å². The Labute approximate surface area is 115 Å². The SMILES string of the molecule is CC(C#N)CCC(=O)NC1C2CC3CC(C2)CC1C3. The first kappa shape index (κ1) is 13.0. The minimum absolute atomic E-state index is 0.00995. The molecule has 0 aromatic heterocycles. The molecule has 104 valence electrons. The Kier molecular flexibility index (Phi) is 3.52. The fourth-order valence-corrected chi connectivity index (χ4v) is 4.83. The summed E-state index contributed by atoms with van der Waals surface area (Å²) in [6.07, 6.45) is 8.01. The Hall–Kier alpha value is -1.04. The highest BCUT2D eigenvalue weighted by Gasteiger charge is 2.48. The maximum absolute atomic E-state index is 12.0. The fraction of sp³-hybridized carbons (Fsp3) is 0.875. The van der Waals surface area contributed by atoms with E-state index in [-0.39, 0.29) is 11.8 Å². The number of nitrogens with one attached hydrogen (secondary N) is 1. The number of carbonyl (C=O) groups is 1. The first-order valence-corrected chi connectivity index (χ1v) is 7.84. The molecule has 0 radical (unpaired) electrons. The van der Waals surface area contributed by atoms with E-state index in [1.165, 1.54) is 32.1 Å². The highest BCUT2D eigenvalue weighted by molar-refractivity contribution is 5.76. The topological polar surface area (TPSA) is 52.9 Å². The van der Waals surface area contributed by atoms with Gasteiger partial charge in [-0.3, -0.25) is 4.79 Å².